The van der Waals surface area contributed by atoms with Crippen molar-refractivity contribution in [3.05, 3.63) is 72.3 Å². The molecule has 4 unspecified atom stereocenters. The molecule has 0 spiro atoms. The molecule has 4 rings (SSSR count). The fourth-order valence-corrected chi connectivity index (χ4v) is 4.56. The number of nitrogens with two attached hydrogens (primary N) is 1. The van der Waals surface area contributed by atoms with Crippen molar-refractivity contribution in [2.75, 3.05) is 6.54 Å². The number of likely N-dealkylation sites (tertiary alicyclic amines) is 1. The maximum atomic E-state index is 13.4. The van der Waals surface area contributed by atoms with Crippen molar-refractivity contribution < 1.29 is 19.2 Å². The first-order valence-corrected chi connectivity index (χ1v) is 12.5. The number of H-pyrrole nitrogens is 2. The van der Waals surface area contributed by atoms with Gasteiger partial charge in [0.1, 0.15) is 18.1 Å². The topological polar surface area (TPSA) is 179 Å². The van der Waals surface area contributed by atoms with Crippen LogP contribution in [0.15, 0.2) is 55.4 Å². The van der Waals surface area contributed by atoms with Crippen molar-refractivity contribution in [3.63, 3.8) is 0 Å². The second-order valence-corrected chi connectivity index (χ2v) is 9.26. The molecule has 12 heteroatoms. The molecule has 3 heterocycles. The molecule has 1 aliphatic heterocycles. The van der Waals surface area contributed by atoms with E-state index in [2.05, 4.69) is 30.6 Å². The Morgan fingerprint density at radius 2 is 1.71 bits per heavy atom. The number of benzene rings is 1. The standard InChI is InChI=1S/C26H31N8O4/c27-21(11-19-13-29-16-31-19)26(38)34-8-4-7-23(34)25(37)33-22(9-17-5-2-1-3-6-17)24(36)32-20(14-35)10-18-12-28-15-30-18/h1-3,5-6,12-13,15-16,20-23H,4,7-11,27H2,(H,28,30)(H,29,31)(H,32,36)(H,33,37). The van der Waals surface area contributed by atoms with Gasteiger partial charge in [-0.1, -0.05) is 30.3 Å². The van der Waals surface area contributed by atoms with Gasteiger partial charge in [-0.05, 0) is 18.4 Å². The zero-order valence-corrected chi connectivity index (χ0v) is 20.8. The zero-order valence-electron chi connectivity index (χ0n) is 20.8. The number of imidazole rings is 2. The van der Waals surface area contributed by atoms with Crippen LogP contribution in [0, 0.1) is 0 Å². The zero-order chi connectivity index (χ0) is 26.9. The van der Waals surface area contributed by atoms with Gasteiger partial charge in [-0.3, -0.25) is 19.2 Å². The van der Waals surface area contributed by atoms with Crippen LogP contribution in [0.25, 0.3) is 0 Å². The Balaban J connectivity index is 1.44. The first-order chi connectivity index (χ1) is 18.4. The Hall–Kier alpha value is -4.32. The molecule has 12 nitrogen and oxygen atoms in total. The van der Waals surface area contributed by atoms with Gasteiger partial charge in [0, 0.05) is 38.2 Å². The quantitative estimate of drug-likeness (QED) is 0.215. The number of amides is 3. The molecule has 1 aromatic carbocycles. The third-order valence-electron chi connectivity index (χ3n) is 6.48. The van der Waals surface area contributed by atoms with Gasteiger partial charge in [0.2, 0.25) is 24.0 Å². The third-order valence-corrected chi connectivity index (χ3v) is 6.48. The molecule has 38 heavy (non-hydrogen) atoms. The van der Waals surface area contributed by atoms with Crippen LogP contribution in [0.1, 0.15) is 29.8 Å². The Kier molecular flexibility index (Phi) is 8.98. The highest BCUT2D eigenvalue weighted by Crippen LogP contribution is 2.19. The Bertz CT molecular complexity index is 1200. The lowest BCUT2D eigenvalue weighted by atomic mass is 10.0. The molecule has 1 saturated heterocycles. The molecule has 2 aromatic heterocycles. The summed E-state index contributed by atoms with van der Waals surface area (Å²) in [5.41, 5.74) is 8.22. The van der Waals surface area contributed by atoms with E-state index in [1.165, 1.54) is 17.6 Å². The number of nitrogens with one attached hydrogen (secondary N) is 4. The summed E-state index contributed by atoms with van der Waals surface area (Å²) in [5, 5.41) is 5.47. The SMILES string of the molecule is NC(Cc1c[nH]cn1)C(=O)N1CCCC1C(=O)NC(Cc1ccccc1)C(=O)NC([C]=O)Cc1c[nH]cn1. The van der Waals surface area contributed by atoms with Gasteiger partial charge in [-0.25, -0.2) is 9.97 Å². The van der Waals surface area contributed by atoms with Crippen molar-refractivity contribution >= 4 is 24.0 Å². The number of nitrogens with zero attached hydrogens (tertiary/aromatic N) is 3. The first-order valence-electron chi connectivity index (χ1n) is 12.5. The van der Waals surface area contributed by atoms with Crippen LogP contribution in [-0.4, -0.2) is 79.6 Å². The number of aromatic amines is 2. The predicted molar refractivity (Wildman–Crippen MR) is 137 cm³/mol. The average molecular weight is 520 g/mol. The Morgan fingerprint density at radius 3 is 2.34 bits per heavy atom. The lowest BCUT2D eigenvalue weighted by Gasteiger charge is -2.28. The predicted octanol–water partition coefficient (Wildman–Crippen LogP) is -0.442. The largest absolute Gasteiger partial charge is 0.351 e. The maximum Gasteiger partial charge on any atom is 0.243 e. The second kappa shape index (κ2) is 12.8. The Morgan fingerprint density at radius 1 is 1.03 bits per heavy atom. The third kappa shape index (κ3) is 6.91. The summed E-state index contributed by atoms with van der Waals surface area (Å²) < 4.78 is 0. The van der Waals surface area contributed by atoms with Crippen LogP contribution < -0.4 is 16.4 Å². The summed E-state index contributed by atoms with van der Waals surface area (Å²) in [7, 11) is 0. The van der Waals surface area contributed by atoms with E-state index in [4.69, 9.17) is 5.73 Å². The van der Waals surface area contributed by atoms with Crippen molar-refractivity contribution in [1.82, 2.24) is 35.5 Å². The number of aromatic nitrogens is 4. The molecule has 6 N–H and O–H groups in total. The molecule has 4 atom stereocenters. The molecule has 1 radical (unpaired) electrons. The molecule has 0 bridgehead atoms. The smallest absolute Gasteiger partial charge is 0.243 e. The van der Waals surface area contributed by atoms with E-state index in [1.54, 1.807) is 12.4 Å². The molecule has 199 valence electrons. The number of hydrogen-bond acceptors (Lipinski definition) is 7. The van der Waals surface area contributed by atoms with Gasteiger partial charge in [0.25, 0.3) is 0 Å². The summed E-state index contributed by atoms with van der Waals surface area (Å²) in [6.07, 6.45) is 9.81. The highest BCUT2D eigenvalue weighted by molar-refractivity contribution is 5.94. The van der Waals surface area contributed by atoms with Gasteiger partial charge in [0.05, 0.1) is 30.1 Å². The first kappa shape index (κ1) is 26.7. The van der Waals surface area contributed by atoms with E-state index in [1.807, 2.05) is 36.6 Å². The average Bonchev–Trinajstić information content (AvgIpc) is 3.71. The second-order valence-electron chi connectivity index (χ2n) is 9.26. The Labute approximate surface area is 219 Å². The van der Waals surface area contributed by atoms with Crippen LogP contribution >= 0.6 is 0 Å². The van der Waals surface area contributed by atoms with Crippen LogP contribution in [0.3, 0.4) is 0 Å². The fourth-order valence-electron chi connectivity index (χ4n) is 4.56. The fraction of sp³-hybridized carbons (Fsp3) is 0.385. The van der Waals surface area contributed by atoms with Crippen molar-refractivity contribution in [3.8, 4) is 0 Å². The van der Waals surface area contributed by atoms with E-state index in [9.17, 15) is 19.2 Å². The van der Waals surface area contributed by atoms with E-state index in [0.29, 0.717) is 30.8 Å². The van der Waals surface area contributed by atoms with Gasteiger partial charge in [-0.15, -0.1) is 0 Å². The molecule has 3 aromatic rings. The van der Waals surface area contributed by atoms with Crippen LogP contribution in [0.5, 0.6) is 0 Å². The lowest BCUT2D eigenvalue weighted by Crippen LogP contribution is -2.57. The van der Waals surface area contributed by atoms with E-state index >= 15 is 0 Å². The highest BCUT2D eigenvalue weighted by Gasteiger charge is 2.38. The normalized spacial score (nSPS) is 17.4. The minimum Gasteiger partial charge on any atom is -0.351 e. The van der Waals surface area contributed by atoms with E-state index < -0.39 is 36.0 Å². The van der Waals surface area contributed by atoms with E-state index in [0.717, 1.165) is 5.56 Å². The molecular weight excluding hydrogens is 488 g/mol. The molecule has 0 aliphatic carbocycles. The molecule has 3 amide bonds. The highest BCUT2D eigenvalue weighted by atomic mass is 16.2. The lowest BCUT2D eigenvalue weighted by molar-refractivity contribution is -0.140. The molecule has 0 saturated carbocycles. The maximum absolute atomic E-state index is 13.4. The van der Waals surface area contributed by atoms with E-state index in [-0.39, 0.29) is 25.2 Å². The minimum absolute atomic E-state index is 0.156. The van der Waals surface area contributed by atoms with Gasteiger partial charge in [0.15, 0.2) is 0 Å². The minimum atomic E-state index is -0.977. The number of rotatable bonds is 12. The number of carbonyl (C=O) groups is 3. The number of hydrogen-bond donors (Lipinski definition) is 5. The summed E-state index contributed by atoms with van der Waals surface area (Å²) in [6.45, 7) is 0.395. The summed E-state index contributed by atoms with van der Waals surface area (Å²) >= 11 is 0. The van der Waals surface area contributed by atoms with Gasteiger partial charge in [-0.2, -0.15) is 0 Å². The number of carbonyl (C=O) groups excluding carboxylic acids is 4. The monoisotopic (exact) mass is 519 g/mol. The van der Waals surface area contributed by atoms with Crippen LogP contribution in [0.4, 0.5) is 0 Å². The van der Waals surface area contributed by atoms with Crippen molar-refractivity contribution in [2.24, 2.45) is 5.73 Å². The summed E-state index contributed by atoms with van der Waals surface area (Å²) in [6, 6.07) is 5.70. The summed E-state index contributed by atoms with van der Waals surface area (Å²) in [4.78, 5) is 66.6. The summed E-state index contributed by atoms with van der Waals surface area (Å²) in [5.74, 6) is -1.32. The van der Waals surface area contributed by atoms with Gasteiger partial charge >= 0.3 is 0 Å². The molecule has 1 aliphatic rings. The van der Waals surface area contributed by atoms with Crippen LogP contribution in [-0.2, 0) is 38.4 Å². The van der Waals surface area contributed by atoms with Crippen molar-refractivity contribution in [2.45, 2.75) is 56.3 Å². The van der Waals surface area contributed by atoms with Crippen molar-refractivity contribution in [1.29, 1.82) is 0 Å². The van der Waals surface area contributed by atoms with Gasteiger partial charge < -0.3 is 31.2 Å². The van der Waals surface area contributed by atoms with Crippen LogP contribution in [0.2, 0.25) is 0 Å². The molecular formula is C26H31N8O4. The molecule has 1 fully saturated rings.